The molecule has 0 aromatic heterocycles. The largest absolute Gasteiger partial charge is 0.408 e. The molecule has 0 aliphatic heterocycles. The van der Waals surface area contributed by atoms with Crippen LogP contribution in [0.15, 0.2) is 0 Å². The first-order valence-electron chi connectivity index (χ1n) is 3.04. The minimum Gasteiger partial charge on any atom is -0.408 e. The van der Waals surface area contributed by atoms with Gasteiger partial charge in [-0.2, -0.15) is 0 Å². The Morgan fingerprint density at radius 3 is 2.50 bits per heavy atom. The monoisotopic (exact) mass is 148 g/mol. The average Bonchev–Trinajstić information content (AvgIpc) is 1.59. The molecular weight excluding hydrogens is 136 g/mol. The van der Waals surface area contributed by atoms with E-state index in [9.17, 15) is 4.79 Å². The lowest BCUT2D eigenvalue weighted by Crippen LogP contribution is -2.33. The Morgan fingerprint density at radius 2 is 2.20 bits per heavy atom. The molecule has 10 heavy (non-hydrogen) atoms. The van der Waals surface area contributed by atoms with Crippen molar-refractivity contribution in [2.24, 2.45) is 0 Å². The van der Waals surface area contributed by atoms with Gasteiger partial charge in [0.25, 0.3) is 0 Å². The zero-order chi connectivity index (χ0) is 8.20. The molecule has 0 saturated carbocycles. The molecule has 0 rings (SSSR count). The fourth-order valence-corrected chi connectivity index (χ4v) is 0.564. The van der Waals surface area contributed by atoms with E-state index in [0.29, 0.717) is 6.61 Å². The third-order valence-electron chi connectivity index (χ3n) is 0.745. The van der Waals surface area contributed by atoms with Gasteiger partial charge in [0.2, 0.25) is 0 Å². The van der Waals surface area contributed by atoms with Crippen LogP contribution in [-0.2, 0) is 14.3 Å². The van der Waals surface area contributed by atoms with E-state index in [1.807, 2.05) is 0 Å². The molecule has 0 saturated heterocycles. The van der Waals surface area contributed by atoms with Crippen molar-refractivity contribution in [2.75, 3.05) is 6.61 Å². The predicted molar refractivity (Wildman–Crippen MR) is 34.0 cm³/mol. The van der Waals surface area contributed by atoms with Crippen molar-refractivity contribution in [3.8, 4) is 0 Å². The molecule has 1 unspecified atom stereocenters. The minimum atomic E-state index is -1.78. The highest BCUT2D eigenvalue weighted by Gasteiger charge is 2.23. The van der Waals surface area contributed by atoms with Gasteiger partial charge >= 0.3 is 11.9 Å². The van der Waals surface area contributed by atoms with Crippen molar-refractivity contribution < 1.29 is 19.4 Å². The fraction of sp³-hybridized carbons (Fsp3) is 0.833. The molecule has 0 aliphatic rings. The third-order valence-corrected chi connectivity index (χ3v) is 0.745. The molecule has 0 amide bonds. The summed E-state index contributed by atoms with van der Waals surface area (Å²) in [5, 5.41) is 9.02. The Bertz CT molecular complexity index is 119. The summed E-state index contributed by atoms with van der Waals surface area (Å²) >= 11 is 0. The van der Waals surface area contributed by atoms with E-state index >= 15 is 0 Å². The van der Waals surface area contributed by atoms with E-state index in [1.165, 1.54) is 13.8 Å². The zero-order valence-corrected chi connectivity index (χ0v) is 6.38. The maximum absolute atomic E-state index is 10.3. The zero-order valence-electron chi connectivity index (χ0n) is 6.38. The van der Waals surface area contributed by atoms with Crippen LogP contribution in [0.25, 0.3) is 0 Å². The van der Waals surface area contributed by atoms with E-state index in [4.69, 9.17) is 5.11 Å². The first-order chi connectivity index (χ1) is 4.48. The van der Waals surface area contributed by atoms with Crippen LogP contribution in [0.3, 0.4) is 0 Å². The molecule has 0 heterocycles. The van der Waals surface area contributed by atoms with E-state index in [0.717, 1.165) is 0 Å². The van der Waals surface area contributed by atoms with Gasteiger partial charge in [-0.05, 0) is 6.92 Å². The molecule has 0 fully saturated rings. The molecule has 0 radical (unpaired) electrons. The summed E-state index contributed by atoms with van der Waals surface area (Å²) in [5.41, 5.74) is 0. The van der Waals surface area contributed by atoms with Crippen LogP contribution in [0.5, 0.6) is 0 Å². The highest BCUT2D eigenvalue weighted by molar-refractivity contribution is 5.66. The second-order valence-electron chi connectivity index (χ2n) is 1.92. The maximum Gasteiger partial charge on any atom is 0.323 e. The summed E-state index contributed by atoms with van der Waals surface area (Å²) in [6, 6.07) is 0. The molecule has 1 atom stereocenters. The Morgan fingerprint density at radius 1 is 1.70 bits per heavy atom. The Balaban J connectivity index is 3.74. The highest BCUT2D eigenvalue weighted by atomic mass is 16.8. The minimum absolute atomic E-state index is 0.292. The summed E-state index contributed by atoms with van der Waals surface area (Å²) < 4.78 is 9.03. The van der Waals surface area contributed by atoms with Crippen LogP contribution >= 0.6 is 0 Å². The van der Waals surface area contributed by atoms with Gasteiger partial charge in [0, 0.05) is 13.8 Å². The molecule has 0 aromatic carbocycles. The summed E-state index contributed by atoms with van der Waals surface area (Å²) in [6.45, 7) is 4.45. The SMILES string of the molecule is CCOC(C)(O)OC(C)=O. The van der Waals surface area contributed by atoms with Gasteiger partial charge in [0.15, 0.2) is 0 Å². The molecule has 60 valence electrons. The van der Waals surface area contributed by atoms with Gasteiger partial charge in [-0.3, -0.25) is 4.79 Å². The lowest BCUT2D eigenvalue weighted by atomic mass is 10.6. The maximum atomic E-state index is 10.3. The normalized spacial score (nSPS) is 16.0. The number of rotatable bonds is 3. The molecule has 0 spiro atoms. The fourth-order valence-electron chi connectivity index (χ4n) is 0.564. The third kappa shape index (κ3) is 4.29. The number of esters is 1. The highest BCUT2D eigenvalue weighted by Crippen LogP contribution is 2.06. The molecule has 0 bridgehead atoms. The topological polar surface area (TPSA) is 55.8 Å². The second kappa shape index (κ2) is 3.53. The van der Waals surface area contributed by atoms with Crippen molar-refractivity contribution in [2.45, 2.75) is 26.7 Å². The van der Waals surface area contributed by atoms with Crippen LogP contribution < -0.4 is 0 Å². The van der Waals surface area contributed by atoms with Crippen molar-refractivity contribution >= 4 is 5.97 Å². The van der Waals surface area contributed by atoms with E-state index in [-0.39, 0.29) is 0 Å². The first kappa shape index (κ1) is 9.39. The number of carbonyl (C=O) groups excluding carboxylic acids is 1. The molecule has 4 heteroatoms. The average molecular weight is 148 g/mol. The van der Waals surface area contributed by atoms with Crippen molar-refractivity contribution in [1.82, 2.24) is 0 Å². The van der Waals surface area contributed by atoms with Crippen molar-refractivity contribution in [1.29, 1.82) is 0 Å². The summed E-state index contributed by atoms with van der Waals surface area (Å²) in [4.78, 5) is 10.3. The van der Waals surface area contributed by atoms with Gasteiger partial charge in [-0.15, -0.1) is 0 Å². The van der Waals surface area contributed by atoms with Crippen LogP contribution in [0, 0.1) is 0 Å². The van der Waals surface area contributed by atoms with Gasteiger partial charge in [0.05, 0.1) is 6.61 Å². The Kier molecular flexibility index (Phi) is 3.32. The summed E-state index contributed by atoms with van der Waals surface area (Å²) in [7, 11) is 0. The first-order valence-corrected chi connectivity index (χ1v) is 3.04. The predicted octanol–water partition coefficient (Wildman–Crippen LogP) is 0.252. The van der Waals surface area contributed by atoms with Gasteiger partial charge in [0.1, 0.15) is 0 Å². The second-order valence-corrected chi connectivity index (χ2v) is 1.92. The van der Waals surface area contributed by atoms with E-state index in [2.05, 4.69) is 9.47 Å². The van der Waals surface area contributed by atoms with Crippen LogP contribution in [0.2, 0.25) is 0 Å². The quantitative estimate of drug-likeness (QED) is 0.460. The van der Waals surface area contributed by atoms with Gasteiger partial charge in [-0.25, -0.2) is 0 Å². The number of ether oxygens (including phenoxy) is 2. The van der Waals surface area contributed by atoms with Crippen LogP contribution in [-0.4, -0.2) is 23.7 Å². The Labute approximate surface area is 59.7 Å². The number of carbonyl (C=O) groups is 1. The molecule has 4 nitrogen and oxygen atoms in total. The van der Waals surface area contributed by atoms with Gasteiger partial charge in [-0.1, -0.05) is 0 Å². The van der Waals surface area contributed by atoms with Crippen LogP contribution in [0.1, 0.15) is 20.8 Å². The van der Waals surface area contributed by atoms with E-state index < -0.39 is 11.9 Å². The van der Waals surface area contributed by atoms with Crippen molar-refractivity contribution in [3.05, 3.63) is 0 Å². The molecular formula is C6H12O4. The standard InChI is InChI=1S/C6H12O4/c1-4-9-6(3,8)10-5(2)7/h8H,4H2,1-3H3. The number of aliphatic hydroxyl groups is 1. The lowest BCUT2D eigenvalue weighted by Gasteiger charge is -2.21. The van der Waals surface area contributed by atoms with Gasteiger partial charge < -0.3 is 14.6 Å². The van der Waals surface area contributed by atoms with Crippen LogP contribution in [0.4, 0.5) is 0 Å². The molecule has 1 N–H and O–H groups in total. The molecule has 0 aliphatic carbocycles. The lowest BCUT2D eigenvalue weighted by molar-refractivity contribution is -0.328. The number of hydrogen-bond donors (Lipinski definition) is 1. The summed E-state index contributed by atoms with van der Waals surface area (Å²) in [5.74, 6) is -2.35. The molecule has 0 aromatic rings. The van der Waals surface area contributed by atoms with E-state index in [1.54, 1.807) is 6.92 Å². The summed E-state index contributed by atoms with van der Waals surface area (Å²) in [6.07, 6.45) is 0. The smallest absolute Gasteiger partial charge is 0.323 e. The Hall–Kier alpha value is -0.610. The van der Waals surface area contributed by atoms with Crippen molar-refractivity contribution in [3.63, 3.8) is 0 Å². The number of hydrogen-bond acceptors (Lipinski definition) is 4.